The predicted molar refractivity (Wildman–Crippen MR) is 95.4 cm³/mol. The van der Waals surface area contributed by atoms with E-state index < -0.39 is 6.10 Å². The lowest BCUT2D eigenvalue weighted by Crippen LogP contribution is -2.64. The molecular formula is C19H26N4O2. The van der Waals surface area contributed by atoms with Gasteiger partial charge in [-0.25, -0.2) is 4.98 Å². The maximum Gasteiger partial charge on any atom is 0.287 e. The number of aliphatic hydroxyl groups excluding tert-OH is 1. The van der Waals surface area contributed by atoms with E-state index in [2.05, 4.69) is 36.1 Å². The maximum absolute atomic E-state index is 12.7. The number of rotatable bonds is 3. The second-order valence-electron chi connectivity index (χ2n) is 8.10. The van der Waals surface area contributed by atoms with Gasteiger partial charge in [0.2, 0.25) is 5.82 Å². The molecule has 25 heavy (non-hydrogen) atoms. The number of likely N-dealkylation sites (tertiary alicyclic amines) is 1. The molecule has 3 heterocycles. The first kappa shape index (κ1) is 16.5. The summed E-state index contributed by atoms with van der Waals surface area (Å²) >= 11 is 0. The Hall–Kier alpha value is -1.92. The standard InChI is InChI=1S/C19H26N4O2/c1-12(2)16-19(11-22(16)3)8-14(15(24)9-19)21-18(25)17-20-10-13-6-4-5-7-23(13)17/h4-7,10,12,14-16,24H,8-9,11H2,1-3H3,(H,21,25)/t14-,15-,16?,19?/m1/s1. The van der Waals surface area contributed by atoms with Crippen LogP contribution in [0.25, 0.3) is 5.52 Å². The molecule has 2 unspecified atom stereocenters. The van der Waals surface area contributed by atoms with Crippen molar-refractivity contribution in [2.24, 2.45) is 11.3 Å². The first-order valence-electron chi connectivity index (χ1n) is 9.02. The molecule has 6 heteroatoms. The van der Waals surface area contributed by atoms with Crippen molar-refractivity contribution in [1.82, 2.24) is 19.6 Å². The van der Waals surface area contributed by atoms with E-state index in [9.17, 15) is 9.90 Å². The Kier molecular flexibility index (Phi) is 3.85. The van der Waals surface area contributed by atoms with E-state index in [1.54, 1.807) is 10.6 Å². The number of fused-ring (bicyclic) bond motifs is 1. The van der Waals surface area contributed by atoms with E-state index >= 15 is 0 Å². The van der Waals surface area contributed by atoms with Crippen molar-refractivity contribution < 1.29 is 9.90 Å². The molecule has 1 amide bonds. The minimum Gasteiger partial charge on any atom is -0.391 e. The van der Waals surface area contributed by atoms with Gasteiger partial charge in [-0.1, -0.05) is 19.9 Å². The van der Waals surface area contributed by atoms with Crippen molar-refractivity contribution in [3.05, 3.63) is 36.4 Å². The van der Waals surface area contributed by atoms with Crippen LogP contribution in [-0.4, -0.2) is 57.1 Å². The normalized spacial score (nSPS) is 32.4. The van der Waals surface area contributed by atoms with E-state index in [4.69, 9.17) is 0 Å². The van der Waals surface area contributed by atoms with E-state index in [-0.39, 0.29) is 17.4 Å². The number of aromatic nitrogens is 2. The molecule has 4 rings (SSSR count). The van der Waals surface area contributed by atoms with Gasteiger partial charge >= 0.3 is 0 Å². The minimum atomic E-state index is -0.495. The van der Waals surface area contributed by atoms with Gasteiger partial charge in [0.25, 0.3) is 5.91 Å². The van der Waals surface area contributed by atoms with E-state index in [1.807, 2.05) is 24.4 Å². The van der Waals surface area contributed by atoms with Gasteiger partial charge < -0.3 is 15.3 Å². The highest BCUT2D eigenvalue weighted by atomic mass is 16.3. The highest BCUT2D eigenvalue weighted by Gasteiger charge is 2.58. The highest BCUT2D eigenvalue weighted by Crippen LogP contribution is 2.52. The summed E-state index contributed by atoms with van der Waals surface area (Å²) in [5.74, 6) is 0.688. The van der Waals surface area contributed by atoms with Crippen LogP contribution in [0, 0.1) is 11.3 Å². The fourth-order valence-corrected chi connectivity index (χ4v) is 5.34. The average molecular weight is 342 g/mol. The lowest BCUT2D eigenvalue weighted by molar-refractivity contribution is -0.0827. The molecule has 1 saturated heterocycles. The third kappa shape index (κ3) is 2.55. The van der Waals surface area contributed by atoms with Gasteiger partial charge in [-0.15, -0.1) is 0 Å². The third-order valence-electron chi connectivity index (χ3n) is 5.96. The smallest absolute Gasteiger partial charge is 0.287 e. The summed E-state index contributed by atoms with van der Waals surface area (Å²) in [6, 6.07) is 5.97. The molecule has 134 valence electrons. The first-order valence-corrected chi connectivity index (χ1v) is 9.02. The van der Waals surface area contributed by atoms with E-state index in [0.29, 0.717) is 17.8 Å². The molecule has 1 saturated carbocycles. The Balaban J connectivity index is 1.51. The summed E-state index contributed by atoms with van der Waals surface area (Å²) in [7, 11) is 2.14. The third-order valence-corrected chi connectivity index (χ3v) is 5.96. The molecule has 1 aliphatic heterocycles. The summed E-state index contributed by atoms with van der Waals surface area (Å²) in [6.45, 7) is 5.46. The molecule has 0 aromatic carbocycles. The van der Waals surface area contributed by atoms with Crippen LogP contribution >= 0.6 is 0 Å². The van der Waals surface area contributed by atoms with Crippen molar-refractivity contribution in [2.75, 3.05) is 13.6 Å². The SMILES string of the molecule is CC(C)C1N(C)CC12C[C@@H](O)[C@H](NC(=O)c1ncc3ccccn13)C2. The number of aliphatic hydroxyl groups is 1. The van der Waals surface area contributed by atoms with Gasteiger partial charge in [0.15, 0.2) is 0 Å². The predicted octanol–water partition coefficient (Wildman–Crippen LogP) is 1.54. The van der Waals surface area contributed by atoms with Crippen molar-refractivity contribution in [3.8, 4) is 0 Å². The number of nitrogens with zero attached hydrogens (tertiary/aromatic N) is 3. The molecule has 2 fully saturated rings. The maximum atomic E-state index is 12.7. The molecule has 2 aromatic rings. The molecule has 0 radical (unpaired) electrons. The van der Waals surface area contributed by atoms with Gasteiger partial charge in [0.1, 0.15) is 0 Å². The molecule has 6 nitrogen and oxygen atoms in total. The fourth-order valence-electron chi connectivity index (χ4n) is 5.34. The zero-order valence-corrected chi connectivity index (χ0v) is 15.0. The lowest BCUT2D eigenvalue weighted by Gasteiger charge is -2.57. The van der Waals surface area contributed by atoms with E-state index in [1.165, 1.54) is 0 Å². The number of hydrogen-bond donors (Lipinski definition) is 2. The Bertz CT molecular complexity index is 797. The molecule has 2 N–H and O–H groups in total. The van der Waals surface area contributed by atoms with Crippen molar-refractivity contribution >= 4 is 11.4 Å². The summed E-state index contributed by atoms with van der Waals surface area (Å²) in [4.78, 5) is 19.3. The van der Waals surface area contributed by atoms with Gasteiger partial charge in [0.05, 0.1) is 23.9 Å². The van der Waals surface area contributed by atoms with Crippen LogP contribution in [0.15, 0.2) is 30.6 Å². The van der Waals surface area contributed by atoms with Gasteiger partial charge in [-0.05, 0) is 37.9 Å². The van der Waals surface area contributed by atoms with Gasteiger partial charge in [-0.3, -0.25) is 9.20 Å². The molecule has 1 spiro atoms. The van der Waals surface area contributed by atoms with Crippen LogP contribution in [0.1, 0.15) is 37.3 Å². The zero-order chi connectivity index (χ0) is 17.8. The zero-order valence-electron chi connectivity index (χ0n) is 15.0. The van der Waals surface area contributed by atoms with Gasteiger partial charge in [-0.2, -0.15) is 0 Å². The van der Waals surface area contributed by atoms with Crippen molar-refractivity contribution in [3.63, 3.8) is 0 Å². The fraction of sp³-hybridized carbons (Fsp3) is 0.579. The molecule has 1 aliphatic carbocycles. The van der Waals surface area contributed by atoms with Gasteiger partial charge in [0, 0.05) is 24.2 Å². The largest absolute Gasteiger partial charge is 0.391 e. The van der Waals surface area contributed by atoms with Crippen LogP contribution in [0.5, 0.6) is 0 Å². The molecule has 2 aromatic heterocycles. The first-order chi connectivity index (χ1) is 11.9. The van der Waals surface area contributed by atoms with Crippen molar-refractivity contribution in [2.45, 2.75) is 44.9 Å². The Morgan fingerprint density at radius 2 is 2.20 bits per heavy atom. The Labute approximate surface area is 147 Å². The van der Waals surface area contributed by atoms with E-state index in [0.717, 1.165) is 24.9 Å². The number of hydrogen-bond acceptors (Lipinski definition) is 4. The summed E-state index contributed by atoms with van der Waals surface area (Å²) in [5.41, 5.74) is 1.01. The number of carbonyl (C=O) groups is 1. The quantitative estimate of drug-likeness (QED) is 0.888. The number of amides is 1. The minimum absolute atomic E-state index is 0.120. The average Bonchev–Trinajstić information content (AvgIpc) is 3.09. The molecular weight excluding hydrogens is 316 g/mol. The number of carbonyl (C=O) groups excluding carboxylic acids is 1. The second kappa shape index (κ2) is 5.81. The number of nitrogens with one attached hydrogen (secondary N) is 1. The number of imidazole rings is 1. The molecule has 4 atom stereocenters. The summed E-state index contributed by atoms with van der Waals surface area (Å²) in [5, 5.41) is 13.6. The Morgan fingerprint density at radius 3 is 2.92 bits per heavy atom. The van der Waals surface area contributed by atoms with Crippen LogP contribution < -0.4 is 5.32 Å². The highest BCUT2D eigenvalue weighted by molar-refractivity contribution is 5.92. The van der Waals surface area contributed by atoms with Crippen LogP contribution in [0.4, 0.5) is 0 Å². The van der Waals surface area contributed by atoms with Crippen molar-refractivity contribution in [1.29, 1.82) is 0 Å². The van der Waals surface area contributed by atoms with Crippen LogP contribution in [0.3, 0.4) is 0 Å². The molecule has 2 aliphatic rings. The number of pyridine rings is 1. The second-order valence-corrected chi connectivity index (χ2v) is 8.10. The topological polar surface area (TPSA) is 69.9 Å². The van der Waals surface area contributed by atoms with Crippen LogP contribution in [-0.2, 0) is 0 Å². The Morgan fingerprint density at radius 1 is 1.40 bits per heavy atom. The lowest BCUT2D eigenvalue weighted by atomic mass is 9.66. The monoisotopic (exact) mass is 342 g/mol. The summed E-state index contributed by atoms with van der Waals surface area (Å²) < 4.78 is 1.78. The molecule has 0 bridgehead atoms. The summed E-state index contributed by atoms with van der Waals surface area (Å²) in [6.07, 6.45) is 4.62. The van der Waals surface area contributed by atoms with Crippen LogP contribution in [0.2, 0.25) is 0 Å².